The molecule has 8 nitrogen and oxygen atoms in total. The third-order valence-corrected chi connectivity index (χ3v) is 11.4. The molecule has 0 spiro atoms. The zero-order chi connectivity index (χ0) is 25.8. The van der Waals surface area contributed by atoms with E-state index in [9.17, 15) is 0 Å². The van der Waals surface area contributed by atoms with Gasteiger partial charge in [-0.1, -0.05) is 0 Å². The molecule has 0 amide bonds. The summed E-state index contributed by atoms with van der Waals surface area (Å²) in [7, 11) is 0. The van der Waals surface area contributed by atoms with Crippen LogP contribution in [0.4, 0.5) is 5.95 Å². The van der Waals surface area contributed by atoms with Crippen LogP contribution in [0.3, 0.4) is 0 Å². The van der Waals surface area contributed by atoms with Crippen molar-refractivity contribution in [2.45, 2.75) is 128 Å². The van der Waals surface area contributed by atoms with Gasteiger partial charge < -0.3 is 0 Å². The van der Waals surface area contributed by atoms with Gasteiger partial charge in [0.2, 0.25) is 0 Å². The Balaban J connectivity index is 1.31. The van der Waals surface area contributed by atoms with Crippen molar-refractivity contribution in [3.8, 4) is 0 Å². The Morgan fingerprint density at radius 3 is 2.43 bits per heavy atom. The molecule has 2 atom stereocenters. The predicted molar refractivity (Wildman–Crippen MR) is 151 cm³/mol. The predicted octanol–water partition coefficient (Wildman–Crippen LogP) is 4.17. The number of hydrogen-bond donors (Lipinski definition) is 2. The number of nitrogens with two attached hydrogens (primary N) is 1. The normalized spacial score (nSPS) is 26.4. The maximum absolute atomic E-state index is 6.39. The fourth-order valence-corrected chi connectivity index (χ4v) is 8.65. The first kappa shape index (κ1) is 27.4. The van der Waals surface area contributed by atoms with E-state index in [1.54, 1.807) is 0 Å². The molecule has 0 aromatic carbocycles. The number of piperidine rings is 1. The average molecular weight is 573 g/mol. The fraction of sp³-hybridized carbons (Fsp3) is 0.821. The maximum atomic E-state index is 6.39. The second-order valence-corrected chi connectivity index (χ2v) is 14.1. The minimum atomic E-state index is -0.221. The fourth-order valence-electron chi connectivity index (χ4n) is 6.36. The molecule has 1 aliphatic heterocycles. The molecule has 205 valence electrons. The SMILES string of the molecule is CCC(C)OC(CC)C1CCN([As]c2nc(NC3CCC(N)CC3)nc3c2ncn3C2CCCC2)CC1. The summed E-state index contributed by atoms with van der Waals surface area (Å²) in [6.45, 7) is 8.96. The molecule has 0 bridgehead atoms. The van der Waals surface area contributed by atoms with Crippen molar-refractivity contribution >= 4 is 37.6 Å². The molecule has 3 N–H and O–H groups in total. The Morgan fingerprint density at radius 2 is 1.76 bits per heavy atom. The molecule has 2 aliphatic carbocycles. The van der Waals surface area contributed by atoms with Crippen LogP contribution < -0.4 is 15.5 Å². The summed E-state index contributed by atoms with van der Waals surface area (Å²) >= 11 is -0.221. The van der Waals surface area contributed by atoms with Crippen LogP contribution in [-0.4, -0.2) is 76.7 Å². The van der Waals surface area contributed by atoms with Gasteiger partial charge in [-0.2, -0.15) is 0 Å². The molecular weight excluding hydrogens is 525 g/mol. The van der Waals surface area contributed by atoms with Crippen molar-refractivity contribution in [2.24, 2.45) is 11.7 Å². The van der Waals surface area contributed by atoms with Gasteiger partial charge in [0.25, 0.3) is 0 Å². The molecule has 2 unspecified atom stereocenters. The second kappa shape index (κ2) is 12.8. The van der Waals surface area contributed by atoms with E-state index in [4.69, 9.17) is 25.4 Å². The molecule has 9 heteroatoms. The van der Waals surface area contributed by atoms with Gasteiger partial charge in [-0.3, -0.25) is 0 Å². The third kappa shape index (κ3) is 6.69. The van der Waals surface area contributed by atoms with Crippen molar-refractivity contribution < 1.29 is 4.74 Å². The number of fused-ring (bicyclic) bond motifs is 1. The van der Waals surface area contributed by atoms with Gasteiger partial charge in [0, 0.05) is 0 Å². The van der Waals surface area contributed by atoms with Gasteiger partial charge in [-0.15, -0.1) is 0 Å². The summed E-state index contributed by atoms with van der Waals surface area (Å²) in [6.07, 6.45) is 16.8. The van der Waals surface area contributed by atoms with Crippen molar-refractivity contribution in [3.63, 3.8) is 0 Å². The molecule has 3 heterocycles. The molecule has 37 heavy (non-hydrogen) atoms. The van der Waals surface area contributed by atoms with Gasteiger partial charge in [0.05, 0.1) is 0 Å². The summed E-state index contributed by atoms with van der Waals surface area (Å²) in [4.78, 5) is 15.1. The summed E-state index contributed by atoms with van der Waals surface area (Å²) in [5.41, 5.74) is 8.21. The molecule has 1 radical (unpaired) electrons. The molecule has 3 fully saturated rings. The molecule has 5 rings (SSSR count). The van der Waals surface area contributed by atoms with Gasteiger partial charge in [0.1, 0.15) is 0 Å². The van der Waals surface area contributed by atoms with Gasteiger partial charge in [0.15, 0.2) is 0 Å². The van der Waals surface area contributed by atoms with E-state index in [-0.39, 0.29) is 16.0 Å². The van der Waals surface area contributed by atoms with E-state index in [0.717, 1.165) is 73.2 Å². The summed E-state index contributed by atoms with van der Waals surface area (Å²) in [5.74, 6) is 1.46. The van der Waals surface area contributed by atoms with Gasteiger partial charge in [-0.05, 0) is 0 Å². The van der Waals surface area contributed by atoms with Crippen LogP contribution in [0.25, 0.3) is 11.2 Å². The van der Waals surface area contributed by atoms with Gasteiger partial charge >= 0.3 is 230 Å². The van der Waals surface area contributed by atoms with Crippen LogP contribution in [0.5, 0.6) is 0 Å². The standard InChI is InChI=1S/C28H47AsN7O/c1-4-19(3)37-24(5-2)20-14-16-35(17-15-20)29-26-25-27(36(18-31-25)23-8-6-7-9-23)34-28(33-26)32-22-12-10-21(30)11-13-22/h18-24H,4-17,30H2,1-3H3,(H,32,33,34). The molecule has 1 saturated heterocycles. The van der Waals surface area contributed by atoms with Crippen LogP contribution in [0.15, 0.2) is 6.33 Å². The van der Waals surface area contributed by atoms with Crippen molar-refractivity contribution in [1.29, 1.82) is 0 Å². The third-order valence-electron chi connectivity index (χ3n) is 8.89. The Morgan fingerprint density at radius 1 is 1.03 bits per heavy atom. The summed E-state index contributed by atoms with van der Waals surface area (Å²) in [6, 6.07) is 1.28. The second-order valence-electron chi connectivity index (χ2n) is 11.6. The molecule has 2 aromatic heterocycles. The van der Waals surface area contributed by atoms with Crippen LogP contribution in [0, 0.1) is 5.92 Å². The van der Waals surface area contributed by atoms with E-state index >= 15 is 0 Å². The first-order valence-electron chi connectivity index (χ1n) is 14.9. The van der Waals surface area contributed by atoms with E-state index in [1.807, 2.05) is 6.33 Å². The van der Waals surface area contributed by atoms with Gasteiger partial charge in [-0.25, -0.2) is 0 Å². The van der Waals surface area contributed by atoms with Crippen LogP contribution in [-0.2, 0) is 4.74 Å². The Hall–Kier alpha value is -1.21. The first-order chi connectivity index (χ1) is 18.0. The number of nitrogens with zero attached hydrogens (tertiary/aromatic N) is 5. The number of aromatic nitrogens is 4. The number of imidazole rings is 1. The molecule has 2 saturated carbocycles. The number of ether oxygens (including phenoxy) is 1. The van der Waals surface area contributed by atoms with E-state index in [1.165, 1.54) is 38.5 Å². The van der Waals surface area contributed by atoms with Crippen LogP contribution in [0.1, 0.15) is 104 Å². The Labute approximate surface area is 229 Å². The molecule has 2 aromatic rings. The quantitative estimate of drug-likeness (QED) is 0.413. The molecule has 3 aliphatic rings. The van der Waals surface area contributed by atoms with Crippen molar-refractivity contribution in [3.05, 3.63) is 6.33 Å². The van der Waals surface area contributed by atoms with E-state index < -0.39 is 0 Å². The summed E-state index contributed by atoms with van der Waals surface area (Å²) in [5, 5.41) is 3.69. The average Bonchev–Trinajstić information content (AvgIpc) is 3.59. The summed E-state index contributed by atoms with van der Waals surface area (Å²) < 4.78 is 12.6. The van der Waals surface area contributed by atoms with E-state index in [0.29, 0.717) is 36.3 Å². The topological polar surface area (TPSA) is 94.1 Å². The number of nitrogens with one attached hydrogen (secondary N) is 1. The molecular formula is C28H47AsN7O. The van der Waals surface area contributed by atoms with Crippen molar-refractivity contribution in [1.82, 2.24) is 23.3 Å². The van der Waals surface area contributed by atoms with Crippen LogP contribution in [0.2, 0.25) is 0 Å². The van der Waals surface area contributed by atoms with Crippen molar-refractivity contribution in [2.75, 3.05) is 18.4 Å². The minimum absolute atomic E-state index is 0.221. The number of hydrogen-bond acceptors (Lipinski definition) is 7. The van der Waals surface area contributed by atoms with Crippen LogP contribution >= 0.6 is 0 Å². The van der Waals surface area contributed by atoms with E-state index in [2.05, 4.69) is 34.5 Å². The Bertz CT molecular complexity index is 994. The Kier molecular flexibility index (Phi) is 9.44. The number of rotatable bonds is 10. The number of anilines is 1. The monoisotopic (exact) mass is 572 g/mol. The first-order valence-corrected chi connectivity index (χ1v) is 16.7. The zero-order valence-electron chi connectivity index (χ0n) is 23.1. The zero-order valence-corrected chi connectivity index (χ0v) is 25.0.